The monoisotopic (exact) mass is 436 g/mol. The SMILES string of the molecule is CCCCCCCCCCCCCCCC(=O)O.O=C[C@H](O)[C@@H](O)[C@@H](O)[C@H](O)CO. The van der Waals surface area contributed by atoms with Crippen molar-refractivity contribution in [3.63, 3.8) is 0 Å². The van der Waals surface area contributed by atoms with Crippen LogP contribution in [0.2, 0.25) is 0 Å². The lowest BCUT2D eigenvalue weighted by Crippen LogP contribution is -2.46. The zero-order valence-corrected chi connectivity index (χ0v) is 18.5. The Morgan fingerprint density at radius 2 is 1.13 bits per heavy atom. The zero-order valence-electron chi connectivity index (χ0n) is 18.5. The van der Waals surface area contributed by atoms with Crippen molar-refractivity contribution >= 4 is 12.3 Å². The van der Waals surface area contributed by atoms with Crippen LogP contribution in [-0.4, -0.2) is 73.9 Å². The lowest BCUT2D eigenvalue weighted by Gasteiger charge is -2.22. The molecule has 0 aliphatic heterocycles. The Bertz CT molecular complexity index is 391. The van der Waals surface area contributed by atoms with Crippen LogP contribution in [0.15, 0.2) is 0 Å². The van der Waals surface area contributed by atoms with E-state index in [1.165, 1.54) is 70.6 Å². The fourth-order valence-corrected chi connectivity index (χ4v) is 2.91. The summed E-state index contributed by atoms with van der Waals surface area (Å²) in [6.07, 6.45) is 10.4. The first kappa shape index (κ1) is 31.1. The summed E-state index contributed by atoms with van der Waals surface area (Å²) >= 11 is 0. The fraction of sp³-hybridized carbons (Fsp3) is 0.909. The van der Waals surface area contributed by atoms with Crippen molar-refractivity contribution in [2.24, 2.45) is 0 Å². The van der Waals surface area contributed by atoms with Gasteiger partial charge in [-0.15, -0.1) is 0 Å². The molecule has 0 bridgehead atoms. The van der Waals surface area contributed by atoms with E-state index >= 15 is 0 Å². The van der Waals surface area contributed by atoms with Crippen molar-refractivity contribution < 1.29 is 40.2 Å². The summed E-state index contributed by atoms with van der Waals surface area (Å²) in [4.78, 5) is 20.2. The average Bonchev–Trinajstić information content (AvgIpc) is 2.74. The van der Waals surface area contributed by atoms with Crippen LogP contribution in [0.1, 0.15) is 96.8 Å². The molecule has 8 nitrogen and oxygen atoms in total. The van der Waals surface area contributed by atoms with Crippen LogP contribution < -0.4 is 0 Å². The average molecular weight is 437 g/mol. The van der Waals surface area contributed by atoms with E-state index in [4.69, 9.17) is 30.6 Å². The molecule has 0 heterocycles. The molecular formula is C22H44O8. The molecular weight excluding hydrogens is 392 g/mol. The number of rotatable bonds is 19. The van der Waals surface area contributed by atoms with Crippen LogP contribution in [0.4, 0.5) is 0 Å². The van der Waals surface area contributed by atoms with Crippen molar-refractivity contribution in [2.75, 3.05) is 6.61 Å². The third-order valence-corrected chi connectivity index (χ3v) is 4.91. The zero-order chi connectivity index (χ0) is 23.2. The van der Waals surface area contributed by atoms with Gasteiger partial charge in [0.2, 0.25) is 0 Å². The Balaban J connectivity index is 0. The highest BCUT2D eigenvalue weighted by Gasteiger charge is 2.29. The molecule has 0 aromatic heterocycles. The largest absolute Gasteiger partial charge is 0.481 e. The molecule has 0 saturated heterocycles. The summed E-state index contributed by atoms with van der Waals surface area (Å²) in [5.41, 5.74) is 0. The number of aliphatic hydroxyl groups excluding tert-OH is 5. The molecule has 180 valence electrons. The predicted octanol–water partition coefficient (Wildman–Crippen LogP) is 2.17. The van der Waals surface area contributed by atoms with E-state index < -0.39 is 37.0 Å². The molecule has 0 rings (SSSR count). The van der Waals surface area contributed by atoms with Crippen LogP contribution >= 0.6 is 0 Å². The number of carboxylic acid groups (broad SMARTS) is 1. The lowest BCUT2D eigenvalue weighted by molar-refractivity contribution is -0.137. The summed E-state index contributed by atoms with van der Waals surface area (Å²) < 4.78 is 0. The topological polar surface area (TPSA) is 156 Å². The maximum absolute atomic E-state index is 10.3. The van der Waals surface area contributed by atoms with E-state index in [2.05, 4.69) is 6.92 Å². The van der Waals surface area contributed by atoms with Gasteiger partial charge in [0.25, 0.3) is 0 Å². The molecule has 0 unspecified atom stereocenters. The van der Waals surface area contributed by atoms with Gasteiger partial charge in [0.1, 0.15) is 24.4 Å². The number of carboxylic acids is 1. The Hall–Kier alpha value is -1.06. The van der Waals surface area contributed by atoms with E-state index in [1.807, 2.05) is 0 Å². The minimum atomic E-state index is -1.79. The molecule has 0 spiro atoms. The van der Waals surface area contributed by atoms with Gasteiger partial charge in [-0.2, -0.15) is 0 Å². The Morgan fingerprint density at radius 1 is 0.733 bits per heavy atom. The van der Waals surface area contributed by atoms with Gasteiger partial charge in [-0.1, -0.05) is 84.0 Å². The second kappa shape index (κ2) is 22.6. The second-order valence-corrected chi connectivity index (χ2v) is 7.74. The lowest BCUT2D eigenvalue weighted by atomic mass is 10.0. The van der Waals surface area contributed by atoms with Gasteiger partial charge >= 0.3 is 5.97 Å². The van der Waals surface area contributed by atoms with Gasteiger partial charge in [0, 0.05) is 6.42 Å². The Labute approximate surface area is 180 Å². The molecule has 0 saturated carbocycles. The van der Waals surface area contributed by atoms with E-state index in [0.717, 1.165) is 12.8 Å². The van der Waals surface area contributed by atoms with Gasteiger partial charge in [0.15, 0.2) is 6.29 Å². The van der Waals surface area contributed by atoms with Crippen LogP contribution in [-0.2, 0) is 9.59 Å². The second-order valence-electron chi connectivity index (χ2n) is 7.74. The smallest absolute Gasteiger partial charge is 0.303 e. The van der Waals surface area contributed by atoms with Crippen molar-refractivity contribution in [2.45, 2.75) is 121 Å². The van der Waals surface area contributed by atoms with Gasteiger partial charge in [-0.3, -0.25) is 4.79 Å². The van der Waals surface area contributed by atoms with Crippen LogP contribution in [0.25, 0.3) is 0 Å². The first-order valence-electron chi connectivity index (χ1n) is 11.3. The molecule has 0 aliphatic carbocycles. The molecule has 0 amide bonds. The number of aldehydes is 1. The van der Waals surface area contributed by atoms with Gasteiger partial charge in [-0.25, -0.2) is 0 Å². The summed E-state index contributed by atoms with van der Waals surface area (Å²) in [6, 6.07) is 0. The number of hydrogen-bond acceptors (Lipinski definition) is 7. The molecule has 4 atom stereocenters. The van der Waals surface area contributed by atoms with Crippen molar-refractivity contribution in [1.82, 2.24) is 0 Å². The van der Waals surface area contributed by atoms with E-state index in [-0.39, 0.29) is 6.29 Å². The highest BCUT2D eigenvalue weighted by molar-refractivity contribution is 5.66. The summed E-state index contributed by atoms with van der Waals surface area (Å²) in [7, 11) is 0. The van der Waals surface area contributed by atoms with Crippen molar-refractivity contribution in [3.05, 3.63) is 0 Å². The molecule has 6 N–H and O–H groups in total. The molecule has 30 heavy (non-hydrogen) atoms. The first-order valence-corrected chi connectivity index (χ1v) is 11.3. The minimum absolute atomic E-state index is 0.0258. The Kier molecular flexibility index (Phi) is 23.5. The quantitative estimate of drug-likeness (QED) is 0.133. The number of aliphatic carboxylic acids is 1. The molecule has 0 aliphatic rings. The number of hydrogen-bond donors (Lipinski definition) is 6. The summed E-state index contributed by atoms with van der Waals surface area (Å²) in [5.74, 6) is -0.655. The Morgan fingerprint density at radius 3 is 1.47 bits per heavy atom. The maximum atomic E-state index is 10.3. The van der Waals surface area contributed by atoms with Gasteiger partial charge < -0.3 is 35.4 Å². The number of carbonyl (C=O) groups is 2. The predicted molar refractivity (Wildman–Crippen MR) is 115 cm³/mol. The van der Waals surface area contributed by atoms with E-state index in [9.17, 15) is 9.59 Å². The van der Waals surface area contributed by atoms with Gasteiger partial charge in [-0.05, 0) is 6.42 Å². The van der Waals surface area contributed by atoms with E-state index in [0.29, 0.717) is 6.42 Å². The molecule has 0 aromatic rings. The first-order chi connectivity index (χ1) is 14.3. The summed E-state index contributed by atoms with van der Waals surface area (Å²) in [6.45, 7) is 1.50. The third kappa shape index (κ3) is 20.2. The fourth-order valence-electron chi connectivity index (χ4n) is 2.91. The van der Waals surface area contributed by atoms with Crippen LogP contribution in [0, 0.1) is 0 Å². The van der Waals surface area contributed by atoms with Gasteiger partial charge in [0.05, 0.1) is 6.61 Å². The van der Waals surface area contributed by atoms with Crippen molar-refractivity contribution in [3.8, 4) is 0 Å². The van der Waals surface area contributed by atoms with Crippen LogP contribution in [0.3, 0.4) is 0 Å². The number of carbonyl (C=O) groups excluding carboxylic acids is 1. The molecule has 0 fully saturated rings. The van der Waals surface area contributed by atoms with Crippen LogP contribution in [0.5, 0.6) is 0 Å². The maximum Gasteiger partial charge on any atom is 0.303 e. The number of unbranched alkanes of at least 4 members (excludes halogenated alkanes) is 12. The van der Waals surface area contributed by atoms with Crippen molar-refractivity contribution in [1.29, 1.82) is 0 Å². The highest BCUT2D eigenvalue weighted by atomic mass is 16.4. The third-order valence-electron chi connectivity index (χ3n) is 4.91. The summed E-state index contributed by atoms with van der Waals surface area (Å²) in [5, 5.41) is 52.0. The normalized spacial score (nSPS) is 14.9. The molecule has 0 radical (unpaired) electrons. The highest BCUT2D eigenvalue weighted by Crippen LogP contribution is 2.12. The molecule has 0 aromatic carbocycles. The van der Waals surface area contributed by atoms with E-state index in [1.54, 1.807) is 0 Å². The number of aliphatic hydroxyl groups is 5. The minimum Gasteiger partial charge on any atom is -0.481 e. The molecule has 8 heteroatoms. The standard InChI is InChI=1S/C16H32O2.C6H12O6/c1-2-3-4-5-6-7-8-9-10-11-12-13-14-15-16(17)18;7-1-3(9)5(11)6(12)4(10)2-8/h2-15H2,1H3,(H,17,18);1,3-6,8-12H,2H2/t;3-,4+,5+,6-/m.0/s1.